The highest BCUT2D eigenvalue weighted by molar-refractivity contribution is 5.96. The molecule has 0 saturated carbocycles. The monoisotopic (exact) mass is 294 g/mol. The Bertz CT molecular complexity index is 599. The van der Waals surface area contributed by atoms with Crippen molar-refractivity contribution < 1.29 is 29.6 Å². The molecule has 1 spiro atoms. The summed E-state index contributed by atoms with van der Waals surface area (Å²) in [5, 5.41) is 29.8. The van der Waals surface area contributed by atoms with Crippen LogP contribution in [-0.4, -0.2) is 39.3 Å². The van der Waals surface area contributed by atoms with Crippen molar-refractivity contribution in [3.63, 3.8) is 0 Å². The van der Waals surface area contributed by atoms with Crippen molar-refractivity contribution in [2.75, 3.05) is 0 Å². The van der Waals surface area contributed by atoms with Crippen LogP contribution in [-0.2, 0) is 15.9 Å². The molecule has 114 valence electrons. The Morgan fingerprint density at radius 1 is 1.38 bits per heavy atom. The number of phenols is 2. The van der Waals surface area contributed by atoms with E-state index < -0.39 is 17.9 Å². The summed E-state index contributed by atoms with van der Waals surface area (Å²) in [6.45, 7) is 3.32. The number of aliphatic hydroxyl groups is 1. The Morgan fingerprint density at radius 2 is 2.10 bits per heavy atom. The maximum Gasteiger partial charge on any atom is 0.344 e. The Hall–Kier alpha value is -1.79. The number of hydrogen-bond donors (Lipinski definition) is 3. The molecule has 2 aliphatic rings. The smallest absolute Gasteiger partial charge is 0.344 e. The van der Waals surface area contributed by atoms with Crippen LogP contribution >= 0.6 is 0 Å². The molecule has 3 N–H and O–H groups in total. The summed E-state index contributed by atoms with van der Waals surface area (Å²) in [6.07, 6.45) is -0.00258. The van der Waals surface area contributed by atoms with Crippen LogP contribution in [0.3, 0.4) is 0 Å². The highest BCUT2D eigenvalue weighted by atomic mass is 16.7. The second kappa shape index (κ2) is 4.61. The number of aliphatic hydroxyl groups excluding tert-OH is 1. The summed E-state index contributed by atoms with van der Waals surface area (Å²) in [5.74, 6) is -2.28. The topological polar surface area (TPSA) is 96.2 Å². The zero-order valence-corrected chi connectivity index (χ0v) is 11.9. The number of phenolic OH excluding ortho intramolecular Hbond substituents is 2. The Balaban J connectivity index is 2.05. The molecule has 1 aromatic rings. The molecule has 1 aromatic carbocycles. The summed E-state index contributed by atoms with van der Waals surface area (Å²) in [5.41, 5.74) is 0.764. The van der Waals surface area contributed by atoms with E-state index in [0.29, 0.717) is 12.0 Å². The van der Waals surface area contributed by atoms with Gasteiger partial charge in [0.1, 0.15) is 17.1 Å². The third kappa shape index (κ3) is 2.24. The summed E-state index contributed by atoms with van der Waals surface area (Å²) >= 11 is 0. The van der Waals surface area contributed by atoms with Crippen LogP contribution in [0.5, 0.6) is 11.5 Å². The van der Waals surface area contributed by atoms with Crippen LogP contribution < -0.4 is 0 Å². The Labute approximate surface area is 121 Å². The zero-order valence-electron chi connectivity index (χ0n) is 11.9. The molecule has 0 unspecified atom stereocenters. The average Bonchev–Trinajstić information content (AvgIpc) is 2.33. The van der Waals surface area contributed by atoms with Gasteiger partial charge in [0.2, 0.25) is 5.79 Å². The fraction of sp³-hybridized carbons (Fsp3) is 0.533. The van der Waals surface area contributed by atoms with Crippen molar-refractivity contribution in [2.45, 2.75) is 51.1 Å². The number of benzene rings is 1. The Kier molecular flexibility index (Phi) is 3.11. The number of hydrogen-bond acceptors (Lipinski definition) is 6. The molecule has 6 nitrogen and oxygen atoms in total. The summed E-state index contributed by atoms with van der Waals surface area (Å²) < 4.78 is 11.2. The van der Waals surface area contributed by atoms with E-state index in [0.717, 1.165) is 0 Å². The van der Waals surface area contributed by atoms with Gasteiger partial charge in [-0.25, -0.2) is 4.79 Å². The van der Waals surface area contributed by atoms with Crippen LogP contribution in [0.15, 0.2) is 6.07 Å². The molecule has 1 saturated heterocycles. The predicted molar refractivity (Wildman–Crippen MR) is 72.1 cm³/mol. The highest BCUT2D eigenvalue weighted by Gasteiger charge is 2.48. The van der Waals surface area contributed by atoms with E-state index in [1.165, 1.54) is 13.0 Å². The minimum atomic E-state index is -1.23. The van der Waals surface area contributed by atoms with Crippen molar-refractivity contribution in [2.24, 2.45) is 0 Å². The lowest BCUT2D eigenvalue weighted by Crippen LogP contribution is -2.52. The van der Waals surface area contributed by atoms with E-state index >= 15 is 0 Å². The van der Waals surface area contributed by atoms with Crippen LogP contribution in [0.2, 0.25) is 0 Å². The predicted octanol–water partition coefficient (Wildman–Crippen LogP) is 1.38. The molecule has 21 heavy (non-hydrogen) atoms. The molecular weight excluding hydrogens is 276 g/mol. The number of ether oxygens (including phenoxy) is 2. The van der Waals surface area contributed by atoms with Gasteiger partial charge in [-0.05, 0) is 31.9 Å². The van der Waals surface area contributed by atoms with E-state index in [9.17, 15) is 20.1 Å². The SMILES string of the molecule is Cc1c(O)cc2c(c1O)C(=O)O[C@@]1(C2)C[C@H](O)C[C@H](C)O1. The maximum atomic E-state index is 12.2. The third-order valence-corrected chi connectivity index (χ3v) is 4.12. The van der Waals surface area contributed by atoms with Crippen molar-refractivity contribution >= 4 is 5.97 Å². The average molecular weight is 294 g/mol. The first-order valence-electron chi connectivity index (χ1n) is 6.95. The fourth-order valence-electron chi connectivity index (χ4n) is 3.19. The van der Waals surface area contributed by atoms with Gasteiger partial charge in [0.25, 0.3) is 0 Å². The van der Waals surface area contributed by atoms with Gasteiger partial charge in [0.15, 0.2) is 0 Å². The van der Waals surface area contributed by atoms with E-state index in [2.05, 4.69) is 0 Å². The number of esters is 1. The molecule has 3 atom stereocenters. The van der Waals surface area contributed by atoms with Crippen LogP contribution in [0.4, 0.5) is 0 Å². The first-order chi connectivity index (χ1) is 9.81. The van der Waals surface area contributed by atoms with Gasteiger partial charge in [-0.1, -0.05) is 0 Å². The number of carbonyl (C=O) groups is 1. The van der Waals surface area contributed by atoms with Gasteiger partial charge in [-0.2, -0.15) is 0 Å². The molecule has 2 heterocycles. The molecule has 0 aliphatic carbocycles. The minimum Gasteiger partial charge on any atom is -0.508 e. The summed E-state index contributed by atoms with van der Waals surface area (Å²) in [6, 6.07) is 1.45. The van der Waals surface area contributed by atoms with Crippen molar-refractivity contribution in [3.8, 4) is 11.5 Å². The molecule has 0 amide bonds. The maximum absolute atomic E-state index is 12.2. The third-order valence-electron chi connectivity index (χ3n) is 4.12. The second-order valence-electron chi connectivity index (χ2n) is 5.90. The van der Waals surface area contributed by atoms with Gasteiger partial charge < -0.3 is 24.8 Å². The molecule has 0 radical (unpaired) electrons. The van der Waals surface area contributed by atoms with E-state index in [-0.39, 0.29) is 41.6 Å². The largest absolute Gasteiger partial charge is 0.508 e. The fourth-order valence-corrected chi connectivity index (χ4v) is 3.19. The van der Waals surface area contributed by atoms with Crippen LogP contribution in [0, 0.1) is 6.92 Å². The first kappa shape index (κ1) is 14.2. The van der Waals surface area contributed by atoms with Crippen molar-refractivity contribution in [3.05, 3.63) is 22.8 Å². The molecular formula is C15H18O6. The molecule has 2 aliphatic heterocycles. The normalized spacial score (nSPS) is 31.9. The van der Waals surface area contributed by atoms with Crippen molar-refractivity contribution in [1.82, 2.24) is 0 Å². The number of carbonyl (C=O) groups excluding carboxylic acids is 1. The number of rotatable bonds is 0. The van der Waals surface area contributed by atoms with E-state index in [1.54, 1.807) is 6.92 Å². The summed E-state index contributed by atoms with van der Waals surface area (Å²) in [7, 11) is 0. The summed E-state index contributed by atoms with van der Waals surface area (Å²) in [4.78, 5) is 12.2. The highest BCUT2D eigenvalue weighted by Crippen LogP contribution is 2.43. The van der Waals surface area contributed by atoms with Gasteiger partial charge in [-0.15, -0.1) is 0 Å². The molecule has 0 bridgehead atoms. The van der Waals surface area contributed by atoms with E-state index in [4.69, 9.17) is 9.47 Å². The quantitative estimate of drug-likeness (QED) is 0.625. The van der Waals surface area contributed by atoms with Gasteiger partial charge in [0.05, 0.1) is 12.2 Å². The standard InChI is InChI=1S/C15H18O6/c1-7-3-10(16)6-15(20-7)5-9-4-11(17)8(2)13(18)12(9)14(19)21-15/h4,7,10,16-18H,3,5-6H2,1-2H3/t7-,10+,15-/m0/s1. The lowest BCUT2D eigenvalue weighted by molar-refractivity contribution is -0.268. The molecule has 6 heteroatoms. The number of aromatic hydroxyl groups is 2. The minimum absolute atomic E-state index is 0.0623. The van der Waals surface area contributed by atoms with Crippen molar-refractivity contribution in [1.29, 1.82) is 0 Å². The lowest BCUT2D eigenvalue weighted by Gasteiger charge is -2.43. The second-order valence-corrected chi connectivity index (χ2v) is 5.90. The molecule has 1 fully saturated rings. The molecule has 0 aromatic heterocycles. The Morgan fingerprint density at radius 3 is 2.76 bits per heavy atom. The number of fused-ring (bicyclic) bond motifs is 1. The van der Waals surface area contributed by atoms with Crippen LogP contribution in [0.1, 0.15) is 41.3 Å². The molecule has 3 rings (SSSR count). The van der Waals surface area contributed by atoms with Gasteiger partial charge >= 0.3 is 5.97 Å². The van der Waals surface area contributed by atoms with Crippen LogP contribution in [0.25, 0.3) is 0 Å². The zero-order chi connectivity index (χ0) is 15.4. The lowest BCUT2D eigenvalue weighted by atomic mass is 9.88. The van der Waals surface area contributed by atoms with Gasteiger partial charge in [-0.3, -0.25) is 0 Å². The van der Waals surface area contributed by atoms with Gasteiger partial charge in [0, 0.05) is 18.4 Å². The van der Waals surface area contributed by atoms with E-state index in [1.807, 2.05) is 0 Å². The first-order valence-corrected chi connectivity index (χ1v) is 6.95.